The molecule has 2 aliphatic rings. The largest absolute Gasteiger partial charge is 0.0839 e. The summed E-state index contributed by atoms with van der Waals surface area (Å²) < 4.78 is 0. The quantitative estimate of drug-likeness (QED) is 0.697. The molecule has 2 aliphatic carbocycles. The summed E-state index contributed by atoms with van der Waals surface area (Å²) >= 11 is 3.85. The number of benzene rings is 1. The smallest absolute Gasteiger partial charge is 0.0398 e. The van der Waals surface area contributed by atoms with Gasteiger partial charge in [-0.15, -0.1) is 0 Å². The lowest BCUT2D eigenvalue weighted by Crippen LogP contribution is -2.04. The SMILES string of the molecule is BrC(CC1CC1)c1ccc2c(c1)CCCC2. The summed E-state index contributed by atoms with van der Waals surface area (Å²) in [4.78, 5) is 0.590. The normalized spacial score (nSPS) is 21.6. The number of hydrogen-bond acceptors (Lipinski definition) is 0. The predicted molar refractivity (Wildman–Crippen MR) is 72.1 cm³/mol. The van der Waals surface area contributed by atoms with E-state index < -0.39 is 0 Å². The van der Waals surface area contributed by atoms with Crippen LogP contribution in [0.5, 0.6) is 0 Å². The van der Waals surface area contributed by atoms with E-state index in [0.29, 0.717) is 4.83 Å². The van der Waals surface area contributed by atoms with E-state index in [0.717, 1.165) is 5.92 Å². The van der Waals surface area contributed by atoms with E-state index in [4.69, 9.17) is 0 Å². The maximum absolute atomic E-state index is 3.85. The molecule has 0 radical (unpaired) electrons. The van der Waals surface area contributed by atoms with Crippen LogP contribution in [0.3, 0.4) is 0 Å². The fraction of sp³-hybridized carbons (Fsp3) is 0.600. The van der Waals surface area contributed by atoms with Crippen molar-refractivity contribution < 1.29 is 0 Å². The topological polar surface area (TPSA) is 0 Å². The van der Waals surface area contributed by atoms with Crippen LogP contribution < -0.4 is 0 Å². The average Bonchev–Trinajstić information content (AvgIpc) is 3.12. The molecule has 0 heterocycles. The molecule has 1 saturated carbocycles. The second-order valence-electron chi connectivity index (χ2n) is 5.38. The molecule has 0 amide bonds. The van der Waals surface area contributed by atoms with Gasteiger partial charge in [-0.1, -0.05) is 47.0 Å². The number of halogens is 1. The molecule has 1 aromatic rings. The summed E-state index contributed by atoms with van der Waals surface area (Å²) in [6, 6.07) is 7.16. The van der Waals surface area contributed by atoms with E-state index in [1.165, 1.54) is 50.5 Å². The van der Waals surface area contributed by atoms with Crippen molar-refractivity contribution in [2.75, 3.05) is 0 Å². The van der Waals surface area contributed by atoms with Crippen LogP contribution in [-0.4, -0.2) is 0 Å². The van der Waals surface area contributed by atoms with Crippen molar-refractivity contribution in [1.29, 1.82) is 0 Å². The zero-order valence-corrected chi connectivity index (χ0v) is 11.3. The Morgan fingerprint density at radius 1 is 1.12 bits per heavy atom. The lowest BCUT2D eigenvalue weighted by molar-refractivity contribution is 0.679. The Bertz CT molecular complexity index is 379. The van der Waals surface area contributed by atoms with Gasteiger partial charge in [0.1, 0.15) is 0 Å². The monoisotopic (exact) mass is 278 g/mol. The zero-order chi connectivity index (χ0) is 11.0. The van der Waals surface area contributed by atoms with Gasteiger partial charge in [-0.05, 0) is 54.7 Å². The summed E-state index contributed by atoms with van der Waals surface area (Å²) in [7, 11) is 0. The lowest BCUT2D eigenvalue weighted by atomic mass is 9.89. The van der Waals surface area contributed by atoms with Gasteiger partial charge in [0.2, 0.25) is 0 Å². The Morgan fingerprint density at radius 2 is 1.88 bits per heavy atom. The maximum Gasteiger partial charge on any atom is 0.0398 e. The molecule has 0 bridgehead atoms. The third-order valence-electron chi connectivity index (χ3n) is 3.97. The number of rotatable bonds is 3. The zero-order valence-electron chi connectivity index (χ0n) is 9.71. The number of fused-ring (bicyclic) bond motifs is 1. The molecule has 0 saturated heterocycles. The van der Waals surface area contributed by atoms with Gasteiger partial charge in [-0.2, -0.15) is 0 Å². The third-order valence-corrected chi connectivity index (χ3v) is 4.87. The van der Waals surface area contributed by atoms with Crippen molar-refractivity contribution in [3.05, 3.63) is 34.9 Å². The van der Waals surface area contributed by atoms with Gasteiger partial charge < -0.3 is 0 Å². The molecule has 1 atom stereocenters. The molecule has 1 heteroatoms. The predicted octanol–water partition coefficient (Wildman–Crippen LogP) is 4.80. The molecule has 86 valence electrons. The minimum absolute atomic E-state index is 0.590. The van der Waals surface area contributed by atoms with Gasteiger partial charge in [-0.3, -0.25) is 0 Å². The van der Waals surface area contributed by atoms with E-state index in [1.807, 2.05) is 0 Å². The van der Waals surface area contributed by atoms with Crippen molar-refractivity contribution in [1.82, 2.24) is 0 Å². The Hall–Kier alpha value is -0.300. The second kappa shape index (κ2) is 4.52. The maximum atomic E-state index is 3.85. The Balaban J connectivity index is 1.78. The molecule has 0 aliphatic heterocycles. The van der Waals surface area contributed by atoms with E-state index in [1.54, 1.807) is 11.1 Å². The van der Waals surface area contributed by atoms with Crippen LogP contribution in [0, 0.1) is 5.92 Å². The first-order chi connectivity index (χ1) is 7.83. The number of hydrogen-bond donors (Lipinski definition) is 0. The van der Waals surface area contributed by atoms with Crippen LogP contribution in [-0.2, 0) is 12.8 Å². The molecule has 0 spiro atoms. The van der Waals surface area contributed by atoms with Crippen LogP contribution in [0.25, 0.3) is 0 Å². The van der Waals surface area contributed by atoms with Gasteiger partial charge in [-0.25, -0.2) is 0 Å². The van der Waals surface area contributed by atoms with Gasteiger partial charge >= 0.3 is 0 Å². The van der Waals surface area contributed by atoms with Crippen molar-refractivity contribution in [2.24, 2.45) is 5.92 Å². The van der Waals surface area contributed by atoms with Crippen molar-refractivity contribution in [3.63, 3.8) is 0 Å². The number of alkyl halides is 1. The summed E-state index contributed by atoms with van der Waals surface area (Å²) in [6.07, 6.45) is 9.59. The minimum Gasteiger partial charge on any atom is -0.0839 e. The highest BCUT2D eigenvalue weighted by Gasteiger charge is 2.25. The van der Waals surface area contributed by atoms with E-state index >= 15 is 0 Å². The van der Waals surface area contributed by atoms with Crippen LogP contribution in [0.15, 0.2) is 18.2 Å². The van der Waals surface area contributed by atoms with Crippen LogP contribution >= 0.6 is 15.9 Å². The van der Waals surface area contributed by atoms with Crippen LogP contribution in [0.4, 0.5) is 0 Å². The Labute approximate surface area is 107 Å². The third kappa shape index (κ3) is 2.34. The van der Waals surface area contributed by atoms with Crippen molar-refractivity contribution in [3.8, 4) is 0 Å². The summed E-state index contributed by atoms with van der Waals surface area (Å²) in [5.74, 6) is 1.00. The molecule has 1 unspecified atom stereocenters. The summed E-state index contributed by atoms with van der Waals surface area (Å²) in [5.41, 5.74) is 4.72. The molecule has 0 N–H and O–H groups in total. The van der Waals surface area contributed by atoms with Crippen LogP contribution in [0.1, 0.15) is 53.6 Å². The molecule has 0 aromatic heterocycles. The highest BCUT2D eigenvalue weighted by molar-refractivity contribution is 9.09. The van der Waals surface area contributed by atoms with Gasteiger partial charge in [0.05, 0.1) is 0 Å². The van der Waals surface area contributed by atoms with Crippen LogP contribution in [0.2, 0.25) is 0 Å². The van der Waals surface area contributed by atoms with E-state index in [9.17, 15) is 0 Å². The second-order valence-corrected chi connectivity index (χ2v) is 6.49. The van der Waals surface area contributed by atoms with E-state index in [2.05, 4.69) is 34.1 Å². The standard InChI is InChI=1S/C15H19Br/c16-15(9-11-5-6-11)14-8-7-12-3-1-2-4-13(12)10-14/h7-8,10-11,15H,1-6,9H2. The Kier molecular flexibility index (Phi) is 3.06. The molecule has 1 aromatic carbocycles. The molecular weight excluding hydrogens is 260 g/mol. The molecule has 0 nitrogen and oxygen atoms in total. The van der Waals surface area contributed by atoms with E-state index in [-0.39, 0.29) is 0 Å². The molecule has 16 heavy (non-hydrogen) atoms. The van der Waals surface area contributed by atoms with Crippen molar-refractivity contribution >= 4 is 15.9 Å². The fourth-order valence-electron chi connectivity index (χ4n) is 2.73. The summed E-state index contributed by atoms with van der Waals surface area (Å²) in [6.45, 7) is 0. The van der Waals surface area contributed by atoms with Gasteiger partial charge in [0.15, 0.2) is 0 Å². The van der Waals surface area contributed by atoms with Gasteiger partial charge in [0.25, 0.3) is 0 Å². The molecule has 1 fully saturated rings. The highest BCUT2D eigenvalue weighted by atomic mass is 79.9. The highest BCUT2D eigenvalue weighted by Crippen LogP contribution is 2.41. The van der Waals surface area contributed by atoms with Gasteiger partial charge in [0, 0.05) is 4.83 Å². The lowest BCUT2D eigenvalue weighted by Gasteiger charge is -2.18. The molecule has 3 rings (SSSR count). The minimum atomic E-state index is 0.590. The summed E-state index contributed by atoms with van der Waals surface area (Å²) in [5, 5.41) is 0. The fourth-order valence-corrected chi connectivity index (χ4v) is 3.54. The molecular formula is C15H19Br. The Morgan fingerprint density at radius 3 is 2.62 bits per heavy atom. The average molecular weight is 279 g/mol. The first-order valence-electron chi connectivity index (χ1n) is 6.59. The van der Waals surface area contributed by atoms with Crippen molar-refractivity contribution in [2.45, 2.75) is 49.8 Å². The first-order valence-corrected chi connectivity index (χ1v) is 7.50. The number of aryl methyl sites for hydroxylation is 2. The first kappa shape index (κ1) is 10.8.